The van der Waals surface area contributed by atoms with Crippen molar-refractivity contribution in [1.82, 2.24) is 15.5 Å². The normalized spacial score (nSPS) is 13.5. The van der Waals surface area contributed by atoms with Gasteiger partial charge in [0.05, 0.1) is 6.54 Å². The quantitative estimate of drug-likeness (QED) is 0.531. The number of aromatic hydroxyl groups is 1. The van der Waals surface area contributed by atoms with E-state index in [1.165, 1.54) is 0 Å². The van der Waals surface area contributed by atoms with Crippen LogP contribution in [0.4, 0.5) is 0 Å². The Balaban J connectivity index is 1.36. The Morgan fingerprint density at radius 1 is 1.10 bits per heavy atom. The maximum Gasteiger partial charge on any atom is 0.251 e. The SMILES string of the molecule is O=C(NCc1nc(C2CC2)no1)c1ccc2c(-c3ccc(O)cc3)cccc2c1. The third kappa shape index (κ3) is 3.57. The number of fused-ring (bicyclic) bond motifs is 1. The molecule has 5 rings (SSSR count). The van der Waals surface area contributed by atoms with Gasteiger partial charge in [0.25, 0.3) is 5.91 Å². The second kappa shape index (κ2) is 7.05. The van der Waals surface area contributed by atoms with E-state index in [-0.39, 0.29) is 18.2 Å². The predicted molar refractivity (Wildman–Crippen MR) is 108 cm³/mol. The van der Waals surface area contributed by atoms with E-state index < -0.39 is 0 Å². The fraction of sp³-hybridized carbons (Fsp3) is 0.174. The largest absolute Gasteiger partial charge is 0.508 e. The molecule has 4 aromatic rings. The van der Waals surface area contributed by atoms with Gasteiger partial charge in [0.2, 0.25) is 5.89 Å². The summed E-state index contributed by atoms with van der Waals surface area (Å²) in [6.45, 7) is 0.212. The first-order chi connectivity index (χ1) is 14.2. The molecule has 29 heavy (non-hydrogen) atoms. The van der Waals surface area contributed by atoms with Gasteiger partial charge in [-0.2, -0.15) is 4.98 Å². The van der Waals surface area contributed by atoms with Gasteiger partial charge in [0.1, 0.15) is 5.75 Å². The molecular weight excluding hydrogens is 366 g/mol. The smallest absolute Gasteiger partial charge is 0.251 e. The minimum atomic E-state index is -0.187. The lowest BCUT2D eigenvalue weighted by Crippen LogP contribution is -2.22. The summed E-state index contributed by atoms with van der Waals surface area (Å²) in [5.41, 5.74) is 2.63. The third-order valence-corrected chi connectivity index (χ3v) is 5.15. The molecule has 0 spiro atoms. The van der Waals surface area contributed by atoms with Crippen molar-refractivity contribution in [1.29, 1.82) is 0 Å². The molecule has 2 N–H and O–H groups in total. The second-order valence-electron chi connectivity index (χ2n) is 7.29. The zero-order valence-electron chi connectivity index (χ0n) is 15.6. The first-order valence-electron chi connectivity index (χ1n) is 9.60. The van der Waals surface area contributed by atoms with E-state index in [1.54, 1.807) is 12.1 Å². The summed E-state index contributed by atoms with van der Waals surface area (Å²) in [4.78, 5) is 16.9. The van der Waals surface area contributed by atoms with Crippen molar-refractivity contribution in [3.8, 4) is 16.9 Å². The molecule has 6 heteroatoms. The standard InChI is InChI=1S/C23H19N3O3/c27-18-9-6-14(7-10-18)19-3-1-2-16-12-17(8-11-20(16)19)23(28)24-13-21-25-22(26-29-21)15-4-5-15/h1-3,6-12,15,27H,4-5,13H2,(H,24,28). The summed E-state index contributed by atoms with van der Waals surface area (Å²) in [6, 6.07) is 18.7. The lowest BCUT2D eigenvalue weighted by Gasteiger charge is -2.09. The first kappa shape index (κ1) is 17.4. The molecule has 1 amide bonds. The number of benzene rings is 3. The third-order valence-electron chi connectivity index (χ3n) is 5.15. The highest BCUT2D eigenvalue weighted by atomic mass is 16.5. The first-order valence-corrected chi connectivity index (χ1v) is 9.60. The van der Waals surface area contributed by atoms with Crippen LogP contribution in [-0.2, 0) is 6.54 Å². The van der Waals surface area contributed by atoms with E-state index in [2.05, 4.69) is 15.5 Å². The molecule has 0 radical (unpaired) electrons. The average Bonchev–Trinajstić information content (AvgIpc) is 3.50. The number of carbonyl (C=O) groups excluding carboxylic acids is 1. The van der Waals surface area contributed by atoms with Crippen LogP contribution >= 0.6 is 0 Å². The predicted octanol–water partition coefficient (Wildman–Crippen LogP) is 4.40. The highest BCUT2D eigenvalue weighted by molar-refractivity contribution is 6.02. The second-order valence-corrected chi connectivity index (χ2v) is 7.29. The molecule has 1 saturated carbocycles. The highest BCUT2D eigenvalue weighted by Crippen LogP contribution is 2.38. The van der Waals surface area contributed by atoms with Crippen molar-refractivity contribution in [2.45, 2.75) is 25.3 Å². The van der Waals surface area contributed by atoms with Crippen molar-refractivity contribution >= 4 is 16.7 Å². The number of hydrogen-bond donors (Lipinski definition) is 2. The van der Waals surface area contributed by atoms with Crippen LogP contribution < -0.4 is 5.32 Å². The minimum absolute atomic E-state index is 0.187. The van der Waals surface area contributed by atoms with Crippen molar-refractivity contribution < 1.29 is 14.4 Å². The summed E-state index contributed by atoms with van der Waals surface area (Å²) in [5, 5.41) is 18.3. The van der Waals surface area contributed by atoms with Crippen LogP contribution in [0.25, 0.3) is 21.9 Å². The Morgan fingerprint density at radius 2 is 1.93 bits per heavy atom. The minimum Gasteiger partial charge on any atom is -0.508 e. The summed E-state index contributed by atoms with van der Waals surface area (Å²) in [6.07, 6.45) is 2.21. The zero-order valence-corrected chi connectivity index (χ0v) is 15.6. The Morgan fingerprint density at radius 3 is 2.72 bits per heavy atom. The van der Waals surface area contributed by atoms with E-state index >= 15 is 0 Å². The molecule has 144 valence electrons. The lowest BCUT2D eigenvalue weighted by molar-refractivity contribution is 0.0946. The summed E-state index contributed by atoms with van der Waals surface area (Å²) in [5.74, 6) is 1.63. The molecule has 0 saturated heterocycles. The molecule has 1 heterocycles. The Labute approximate surface area is 167 Å². The molecule has 6 nitrogen and oxygen atoms in total. The van der Waals surface area contributed by atoms with Gasteiger partial charge in [-0.15, -0.1) is 0 Å². The Bertz CT molecular complexity index is 1190. The maximum absolute atomic E-state index is 12.6. The topological polar surface area (TPSA) is 88.3 Å². The van der Waals surface area contributed by atoms with Crippen LogP contribution in [-0.4, -0.2) is 21.2 Å². The molecule has 1 aliphatic rings. The summed E-state index contributed by atoms with van der Waals surface area (Å²) < 4.78 is 5.20. The molecule has 0 atom stereocenters. The fourth-order valence-electron chi connectivity index (χ4n) is 3.42. The van der Waals surface area contributed by atoms with Crippen LogP contribution in [0, 0.1) is 0 Å². The summed E-state index contributed by atoms with van der Waals surface area (Å²) >= 11 is 0. The van der Waals surface area contributed by atoms with Crippen molar-refractivity contribution in [3.05, 3.63) is 77.9 Å². The maximum atomic E-state index is 12.6. The van der Waals surface area contributed by atoms with E-state index in [4.69, 9.17) is 4.52 Å². The molecular formula is C23H19N3O3. The van der Waals surface area contributed by atoms with Crippen LogP contribution in [0.15, 0.2) is 65.2 Å². The number of amides is 1. The molecule has 0 aliphatic heterocycles. The van der Waals surface area contributed by atoms with Gasteiger partial charge in [0, 0.05) is 11.5 Å². The van der Waals surface area contributed by atoms with Crippen molar-refractivity contribution in [2.75, 3.05) is 0 Å². The van der Waals surface area contributed by atoms with Gasteiger partial charge < -0.3 is 14.9 Å². The number of nitrogens with zero attached hydrogens (tertiary/aromatic N) is 2. The molecule has 1 fully saturated rings. The van der Waals surface area contributed by atoms with E-state index in [9.17, 15) is 9.90 Å². The summed E-state index contributed by atoms with van der Waals surface area (Å²) in [7, 11) is 0. The van der Waals surface area contributed by atoms with Gasteiger partial charge in [-0.3, -0.25) is 4.79 Å². The van der Waals surface area contributed by atoms with E-state index in [0.717, 1.165) is 40.6 Å². The van der Waals surface area contributed by atoms with Gasteiger partial charge >= 0.3 is 0 Å². The number of hydrogen-bond acceptors (Lipinski definition) is 5. The monoisotopic (exact) mass is 385 g/mol. The van der Waals surface area contributed by atoms with Crippen LogP contribution in [0.5, 0.6) is 5.75 Å². The van der Waals surface area contributed by atoms with Crippen LogP contribution in [0.3, 0.4) is 0 Å². The number of carbonyl (C=O) groups is 1. The lowest BCUT2D eigenvalue weighted by atomic mass is 9.97. The number of phenols is 1. The number of phenolic OH excluding ortho intramolecular Hbond substituents is 1. The number of nitrogens with one attached hydrogen (secondary N) is 1. The van der Waals surface area contributed by atoms with Crippen molar-refractivity contribution in [3.63, 3.8) is 0 Å². The average molecular weight is 385 g/mol. The van der Waals surface area contributed by atoms with E-state index in [1.807, 2.05) is 48.5 Å². The zero-order chi connectivity index (χ0) is 19.8. The van der Waals surface area contributed by atoms with Crippen LogP contribution in [0.1, 0.15) is 40.8 Å². The Kier molecular flexibility index (Phi) is 4.24. The number of rotatable bonds is 5. The van der Waals surface area contributed by atoms with Crippen LogP contribution in [0.2, 0.25) is 0 Å². The molecule has 0 bridgehead atoms. The van der Waals surface area contributed by atoms with Gasteiger partial charge in [-0.05, 0) is 59.0 Å². The van der Waals surface area contributed by atoms with Gasteiger partial charge in [-0.25, -0.2) is 0 Å². The van der Waals surface area contributed by atoms with E-state index in [0.29, 0.717) is 17.4 Å². The van der Waals surface area contributed by atoms with Gasteiger partial charge in [0.15, 0.2) is 5.82 Å². The molecule has 0 unspecified atom stereocenters. The fourth-order valence-corrected chi connectivity index (χ4v) is 3.42. The molecule has 1 aliphatic carbocycles. The van der Waals surface area contributed by atoms with Crippen molar-refractivity contribution in [2.24, 2.45) is 0 Å². The molecule has 1 aromatic heterocycles. The number of aromatic nitrogens is 2. The Hall–Kier alpha value is -3.67. The highest BCUT2D eigenvalue weighted by Gasteiger charge is 2.28. The van der Waals surface area contributed by atoms with Gasteiger partial charge in [-0.1, -0.05) is 41.6 Å². The molecule has 3 aromatic carbocycles.